The number of nitrogens with zero attached hydrogens (tertiary/aromatic N) is 1. The summed E-state index contributed by atoms with van der Waals surface area (Å²) in [5.74, 6) is -0.625. The lowest BCUT2D eigenvalue weighted by molar-refractivity contribution is 0.0954. The smallest absolute Gasteiger partial charge is 0.271 e. The number of hydrogen-bond acceptors (Lipinski definition) is 5. The number of rotatable bonds is 4. The van der Waals surface area contributed by atoms with Gasteiger partial charge in [0.1, 0.15) is 5.75 Å². The summed E-state index contributed by atoms with van der Waals surface area (Å²) in [5.41, 5.74) is 2.78. The van der Waals surface area contributed by atoms with Crippen LogP contribution in [-0.4, -0.2) is 29.4 Å². The Morgan fingerprint density at radius 3 is 2.70 bits per heavy atom. The Bertz CT molecular complexity index is 778. The molecule has 120 valence electrons. The monoisotopic (exact) mass is 354 g/mol. The van der Waals surface area contributed by atoms with Crippen LogP contribution in [0, 0.1) is 0 Å². The van der Waals surface area contributed by atoms with E-state index < -0.39 is 5.91 Å². The van der Waals surface area contributed by atoms with Gasteiger partial charge in [0, 0.05) is 16.1 Å². The molecule has 8 heteroatoms. The Kier molecular flexibility index (Phi) is 5.31. The molecule has 6 nitrogen and oxygen atoms in total. The second kappa shape index (κ2) is 7.21. The van der Waals surface area contributed by atoms with Crippen LogP contribution in [0.5, 0.6) is 17.2 Å². The van der Waals surface area contributed by atoms with Crippen LogP contribution in [0.25, 0.3) is 0 Å². The number of carbonyl (C=O) groups excluding carboxylic acids is 1. The van der Waals surface area contributed by atoms with Gasteiger partial charge in [0.05, 0.1) is 18.3 Å². The molecule has 0 saturated heterocycles. The lowest BCUT2D eigenvalue weighted by Gasteiger charge is -2.06. The molecule has 1 amide bonds. The largest absolute Gasteiger partial charge is 0.506 e. The van der Waals surface area contributed by atoms with E-state index in [2.05, 4.69) is 10.5 Å². The van der Waals surface area contributed by atoms with Gasteiger partial charge < -0.3 is 14.9 Å². The maximum absolute atomic E-state index is 12.0. The lowest BCUT2D eigenvalue weighted by atomic mass is 10.2. The van der Waals surface area contributed by atoms with Crippen LogP contribution in [0.1, 0.15) is 15.9 Å². The van der Waals surface area contributed by atoms with E-state index in [4.69, 9.17) is 27.9 Å². The van der Waals surface area contributed by atoms with E-state index in [9.17, 15) is 15.0 Å². The second-order valence-electron chi connectivity index (χ2n) is 4.41. The predicted octanol–water partition coefficient (Wildman–Crippen LogP) is 3.18. The summed E-state index contributed by atoms with van der Waals surface area (Å²) in [6.07, 6.45) is 1.21. The third kappa shape index (κ3) is 4.06. The van der Waals surface area contributed by atoms with Gasteiger partial charge in [0.2, 0.25) is 0 Å². The molecule has 23 heavy (non-hydrogen) atoms. The molecule has 2 rings (SSSR count). The Balaban J connectivity index is 2.13. The number of phenols is 2. The van der Waals surface area contributed by atoms with Crippen molar-refractivity contribution in [3.05, 3.63) is 51.5 Å². The Morgan fingerprint density at radius 2 is 2.00 bits per heavy atom. The van der Waals surface area contributed by atoms with E-state index in [1.54, 1.807) is 0 Å². The third-order valence-electron chi connectivity index (χ3n) is 2.87. The molecule has 2 aromatic carbocycles. The molecule has 0 atom stereocenters. The van der Waals surface area contributed by atoms with Crippen molar-refractivity contribution in [2.45, 2.75) is 0 Å². The van der Waals surface area contributed by atoms with Gasteiger partial charge in [-0.15, -0.1) is 0 Å². The Labute approximate surface area is 141 Å². The van der Waals surface area contributed by atoms with Crippen LogP contribution in [0.2, 0.25) is 10.0 Å². The molecule has 0 fully saturated rings. The highest BCUT2D eigenvalue weighted by atomic mass is 35.5. The predicted molar refractivity (Wildman–Crippen MR) is 87.8 cm³/mol. The first-order chi connectivity index (χ1) is 10.9. The Morgan fingerprint density at radius 1 is 1.26 bits per heavy atom. The van der Waals surface area contributed by atoms with Crippen molar-refractivity contribution in [3.63, 3.8) is 0 Å². The summed E-state index contributed by atoms with van der Waals surface area (Å²) in [5, 5.41) is 23.4. The summed E-state index contributed by atoms with van der Waals surface area (Å²) < 4.78 is 4.92. The normalized spacial score (nSPS) is 10.7. The zero-order valence-corrected chi connectivity index (χ0v) is 13.4. The fourth-order valence-electron chi connectivity index (χ4n) is 1.73. The molecule has 0 aliphatic carbocycles. The fourth-order valence-corrected chi connectivity index (χ4v) is 2.24. The summed E-state index contributed by atoms with van der Waals surface area (Å²) in [6.45, 7) is 0. The summed E-state index contributed by atoms with van der Waals surface area (Å²) in [7, 11) is 1.38. The zero-order chi connectivity index (χ0) is 17.0. The van der Waals surface area contributed by atoms with Crippen LogP contribution in [-0.2, 0) is 0 Å². The van der Waals surface area contributed by atoms with Gasteiger partial charge in [0.15, 0.2) is 11.5 Å². The molecule has 0 heterocycles. The van der Waals surface area contributed by atoms with Gasteiger partial charge in [-0.1, -0.05) is 23.2 Å². The first kappa shape index (κ1) is 16.9. The molecular weight excluding hydrogens is 343 g/mol. The lowest BCUT2D eigenvalue weighted by Crippen LogP contribution is -2.17. The van der Waals surface area contributed by atoms with E-state index in [1.165, 1.54) is 43.7 Å². The number of ether oxygens (including phenoxy) is 1. The highest BCUT2D eigenvalue weighted by Crippen LogP contribution is 2.30. The second-order valence-corrected chi connectivity index (χ2v) is 5.25. The molecule has 0 aliphatic rings. The number of hydrazone groups is 1. The fraction of sp³-hybridized carbons (Fsp3) is 0.0667. The third-order valence-corrected chi connectivity index (χ3v) is 3.38. The molecular formula is C15H12Cl2N2O4. The maximum atomic E-state index is 12.0. The standard InChI is InChI=1S/C15H12Cl2N2O4/c1-23-13-5-8(2-3-12(13)20)15(22)19-18-7-9-4-10(16)6-11(17)14(9)21/h2-7,20-21H,1H3,(H,19,22). The average Bonchev–Trinajstić information content (AvgIpc) is 2.52. The highest BCUT2D eigenvalue weighted by Gasteiger charge is 2.09. The first-order valence-electron chi connectivity index (χ1n) is 6.30. The van der Waals surface area contributed by atoms with Crippen molar-refractivity contribution in [3.8, 4) is 17.2 Å². The van der Waals surface area contributed by atoms with Gasteiger partial charge in [-0.05, 0) is 30.3 Å². The first-order valence-corrected chi connectivity index (χ1v) is 7.06. The van der Waals surface area contributed by atoms with Crippen molar-refractivity contribution in [1.82, 2.24) is 5.43 Å². The van der Waals surface area contributed by atoms with E-state index >= 15 is 0 Å². The number of benzene rings is 2. The number of phenolic OH excluding ortho intramolecular Hbond substituents is 2. The van der Waals surface area contributed by atoms with E-state index in [0.29, 0.717) is 5.02 Å². The van der Waals surface area contributed by atoms with Gasteiger partial charge in [-0.2, -0.15) is 5.10 Å². The van der Waals surface area contributed by atoms with Crippen molar-refractivity contribution in [2.75, 3.05) is 7.11 Å². The molecule has 0 aliphatic heterocycles. The zero-order valence-electron chi connectivity index (χ0n) is 11.9. The topological polar surface area (TPSA) is 91.2 Å². The van der Waals surface area contributed by atoms with E-state index in [-0.39, 0.29) is 33.4 Å². The quantitative estimate of drug-likeness (QED) is 0.580. The minimum atomic E-state index is -0.521. The van der Waals surface area contributed by atoms with Crippen LogP contribution in [0.15, 0.2) is 35.4 Å². The van der Waals surface area contributed by atoms with Crippen LogP contribution >= 0.6 is 23.2 Å². The number of nitrogens with one attached hydrogen (secondary N) is 1. The molecule has 0 saturated carbocycles. The molecule has 0 unspecified atom stereocenters. The van der Waals surface area contributed by atoms with Gasteiger partial charge in [-0.3, -0.25) is 4.79 Å². The van der Waals surface area contributed by atoms with Crippen LogP contribution < -0.4 is 10.2 Å². The minimum Gasteiger partial charge on any atom is -0.506 e. The van der Waals surface area contributed by atoms with E-state index in [0.717, 1.165) is 0 Å². The van der Waals surface area contributed by atoms with Gasteiger partial charge >= 0.3 is 0 Å². The van der Waals surface area contributed by atoms with E-state index in [1.807, 2.05) is 0 Å². The van der Waals surface area contributed by atoms with Gasteiger partial charge in [-0.25, -0.2) is 5.43 Å². The Hall–Kier alpha value is -2.44. The van der Waals surface area contributed by atoms with Crippen molar-refractivity contribution in [1.29, 1.82) is 0 Å². The molecule has 0 spiro atoms. The van der Waals surface area contributed by atoms with Crippen molar-refractivity contribution < 1.29 is 19.7 Å². The summed E-state index contributed by atoms with van der Waals surface area (Å²) in [6, 6.07) is 6.95. The summed E-state index contributed by atoms with van der Waals surface area (Å²) in [4.78, 5) is 12.0. The number of hydrogen-bond donors (Lipinski definition) is 3. The maximum Gasteiger partial charge on any atom is 0.271 e. The molecule has 0 bridgehead atoms. The number of carbonyl (C=O) groups is 1. The van der Waals surface area contributed by atoms with Crippen molar-refractivity contribution in [2.24, 2.45) is 5.10 Å². The van der Waals surface area contributed by atoms with Gasteiger partial charge in [0.25, 0.3) is 5.91 Å². The molecule has 0 aromatic heterocycles. The number of methoxy groups -OCH3 is 1. The average molecular weight is 355 g/mol. The van der Waals surface area contributed by atoms with Crippen molar-refractivity contribution >= 4 is 35.3 Å². The molecule has 0 radical (unpaired) electrons. The summed E-state index contributed by atoms with van der Waals surface area (Å²) >= 11 is 11.6. The molecule has 2 aromatic rings. The number of aromatic hydroxyl groups is 2. The minimum absolute atomic E-state index is 0.0774. The number of amides is 1. The highest BCUT2D eigenvalue weighted by molar-refractivity contribution is 6.36. The van der Waals surface area contributed by atoms with Crippen LogP contribution in [0.4, 0.5) is 0 Å². The SMILES string of the molecule is COc1cc(C(=O)NN=Cc2cc(Cl)cc(Cl)c2O)ccc1O. The number of halogens is 2. The molecule has 3 N–H and O–H groups in total. The van der Waals surface area contributed by atoms with Crippen LogP contribution in [0.3, 0.4) is 0 Å².